The maximum absolute atomic E-state index is 2.49. The van der Waals surface area contributed by atoms with E-state index >= 15 is 0 Å². The van der Waals surface area contributed by atoms with Crippen LogP contribution in [0, 0.1) is 0 Å². The van der Waals surface area contributed by atoms with E-state index in [1.165, 1.54) is 385 Å². The number of fused-ring (bicyclic) bond motifs is 9. The highest BCUT2D eigenvalue weighted by Gasteiger charge is 2.40. The van der Waals surface area contributed by atoms with Crippen LogP contribution in [-0.4, -0.2) is 0 Å². The van der Waals surface area contributed by atoms with Gasteiger partial charge in [-0.05, 0) is 293 Å². The molecular formula is C145H159N3. The molecule has 3 fully saturated rings. The van der Waals surface area contributed by atoms with E-state index in [-0.39, 0.29) is 21.7 Å². The highest BCUT2D eigenvalue weighted by molar-refractivity contribution is 5.93. The molecule has 0 saturated heterocycles. The standard InChI is InChI=1S/C51H53N.C49H57N.C45H49N/c1-51(2)49-22-16-15-21-47(49)48-36-35-46(37-50(48)51)52(44-31-27-42(28-32-44)39-19-13-10-14-20-39)45-33-29-43(30-34-45)41-25-23-40(24-26-41)38-17-11-8-6-4-3-5-7-9-12-18-38;1-48(2,3)40-27-31-42(32-28-40)50(43-33-34-45-44-19-15-16-20-46(44)49(4,5)47(45)35-43)41-29-25-39(26-30-41)38-23-21-37(22-24-38)36-17-13-11-9-7-6-8-10-12-14-18-36;1-45(2)42-25-17-15-24-40(42)41-32-31-38(33-43(41)45)46(44-26-18-16-23-39(44)36-21-13-10-14-22-36)37-29-27-35(28-30-37)34-19-11-8-6-4-3-5-7-9-12-20-34/h10,13-16,19-38H,3-9,11-12,17-18H2,1-2H3;15-16,19-36H,6-14,17-18H2,1-5H3;10,13-18,21-34H,3-9,11-12,19-20H2,1-2H3. The largest absolute Gasteiger partial charge is 0.310 e. The minimum atomic E-state index is -0.0615. The summed E-state index contributed by atoms with van der Waals surface area (Å²) >= 11 is 0. The van der Waals surface area contributed by atoms with Crippen molar-refractivity contribution in [2.24, 2.45) is 0 Å². The maximum Gasteiger partial charge on any atom is 0.0540 e. The zero-order chi connectivity index (χ0) is 101. The third-order valence-corrected chi connectivity index (χ3v) is 34.5. The fraction of sp³-hybridized carbons (Fsp3) is 0.338. The second kappa shape index (κ2) is 47.2. The van der Waals surface area contributed by atoms with Gasteiger partial charge in [0.15, 0.2) is 0 Å². The lowest BCUT2D eigenvalue weighted by Crippen LogP contribution is -2.17. The fourth-order valence-electron chi connectivity index (χ4n) is 25.8. The van der Waals surface area contributed by atoms with Crippen molar-refractivity contribution in [3.63, 3.8) is 0 Å². The van der Waals surface area contributed by atoms with Gasteiger partial charge in [0, 0.05) is 67.3 Å². The second-order valence-electron chi connectivity index (χ2n) is 46.6. The lowest BCUT2D eigenvalue weighted by molar-refractivity contribution is 0.467. The first-order valence-corrected chi connectivity index (χ1v) is 57.4. The predicted molar refractivity (Wildman–Crippen MR) is 637 cm³/mol. The van der Waals surface area contributed by atoms with E-state index < -0.39 is 0 Å². The molecule has 0 unspecified atom stereocenters. The van der Waals surface area contributed by atoms with Gasteiger partial charge in [-0.2, -0.15) is 0 Å². The third-order valence-electron chi connectivity index (χ3n) is 34.5. The summed E-state index contributed by atoms with van der Waals surface area (Å²) in [7, 11) is 0. The number of hydrogen-bond acceptors (Lipinski definition) is 3. The van der Waals surface area contributed by atoms with E-state index in [0.29, 0.717) is 17.8 Å². The molecule has 0 aliphatic heterocycles. The first-order valence-electron chi connectivity index (χ1n) is 57.4. The van der Waals surface area contributed by atoms with Crippen LogP contribution in [0.4, 0.5) is 51.2 Å². The minimum absolute atomic E-state index is 0.0487. The van der Waals surface area contributed by atoms with Crippen molar-refractivity contribution in [2.75, 3.05) is 14.7 Å². The second-order valence-corrected chi connectivity index (χ2v) is 46.6. The number of rotatable bonds is 16. The average molecular weight is 1940 g/mol. The number of nitrogens with zero attached hydrogens (tertiary/aromatic N) is 3. The van der Waals surface area contributed by atoms with Crippen LogP contribution in [0.3, 0.4) is 0 Å². The molecule has 0 heterocycles. The zero-order valence-corrected chi connectivity index (χ0v) is 90.3. The molecule has 3 nitrogen and oxygen atoms in total. The lowest BCUT2D eigenvalue weighted by Gasteiger charge is -2.30. The van der Waals surface area contributed by atoms with E-state index in [1.54, 1.807) is 0 Å². The van der Waals surface area contributed by atoms with Crippen molar-refractivity contribution in [1.82, 2.24) is 0 Å². The van der Waals surface area contributed by atoms with Gasteiger partial charge in [0.25, 0.3) is 0 Å². The van der Waals surface area contributed by atoms with Crippen LogP contribution in [0.25, 0.3) is 77.9 Å². The third kappa shape index (κ3) is 23.2. The van der Waals surface area contributed by atoms with Crippen LogP contribution in [0.2, 0.25) is 0 Å². The molecule has 3 heteroatoms. The van der Waals surface area contributed by atoms with E-state index in [0.717, 1.165) is 11.4 Å². The average Bonchev–Trinajstić information content (AvgIpc) is 1.58. The Morgan fingerprint density at radius 3 is 0.689 bits per heavy atom. The summed E-state index contributed by atoms with van der Waals surface area (Å²) in [6.45, 7) is 21.1. The molecule has 0 atom stereocenters. The Morgan fingerprint density at radius 1 is 0.176 bits per heavy atom. The predicted octanol–water partition coefficient (Wildman–Crippen LogP) is 43.5. The van der Waals surface area contributed by atoms with Crippen molar-refractivity contribution in [1.29, 1.82) is 0 Å². The molecule has 148 heavy (non-hydrogen) atoms. The number of benzene rings is 16. The van der Waals surface area contributed by atoms with E-state index in [2.05, 4.69) is 459 Å². The van der Waals surface area contributed by atoms with Gasteiger partial charge in [-0.15, -0.1) is 0 Å². The molecule has 0 radical (unpaired) electrons. The summed E-state index contributed by atoms with van der Waals surface area (Å²) in [5, 5.41) is 0. The Hall–Kier alpha value is -13.1. The topological polar surface area (TPSA) is 9.72 Å². The summed E-state index contributed by atoms with van der Waals surface area (Å²) in [6, 6.07) is 144. The van der Waals surface area contributed by atoms with Gasteiger partial charge in [-0.25, -0.2) is 0 Å². The summed E-state index contributed by atoms with van der Waals surface area (Å²) in [5.74, 6) is 2.06. The molecule has 754 valence electrons. The maximum atomic E-state index is 2.49. The van der Waals surface area contributed by atoms with Crippen LogP contribution in [-0.2, 0) is 21.7 Å². The molecule has 6 aliphatic carbocycles. The van der Waals surface area contributed by atoms with Gasteiger partial charge in [0.05, 0.1) is 5.69 Å². The van der Waals surface area contributed by atoms with Crippen molar-refractivity contribution < 1.29 is 0 Å². The molecule has 16 aromatic carbocycles. The highest BCUT2D eigenvalue weighted by atomic mass is 15.2. The summed E-state index contributed by atoms with van der Waals surface area (Å²) < 4.78 is 0. The van der Waals surface area contributed by atoms with E-state index in [4.69, 9.17) is 0 Å². The van der Waals surface area contributed by atoms with E-state index in [9.17, 15) is 0 Å². The van der Waals surface area contributed by atoms with Gasteiger partial charge in [-0.3, -0.25) is 0 Å². The van der Waals surface area contributed by atoms with Crippen LogP contribution < -0.4 is 14.7 Å². The minimum Gasteiger partial charge on any atom is -0.310 e. The van der Waals surface area contributed by atoms with Crippen molar-refractivity contribution in [2.45, 2.75) is 314 Å². The summed E-state index contributed by atoms with van der Waals surface area (Å²) in [6.07, 6.45) is 45.9. The zero-order valence-electron chi connectivity index (χ0n) is 90.3. The Morgan fingerprint density at radius 2 is 0.385 bits per heavy atom. The monoisotopic (exact) mass is 1940 g/mol. The summed E-state index contributed by atoms with van der Waals surface area (Å²) in [4.78, 5) is 7.35. The molecule has 6 aliphatic rings. The van der Waals surface area contributed by atoms with Crippen molar-refractivity contribution in [3.05, 3.63) is 438 Å². The Labute approximate surface area is 888 Å². The van der Waals surface area contributed by atoms with Crippen molar-refractivity contribution >= 4 is 51.2 Å². The molecule has 0 spiro atoms. The normalized spacial score (nSPS) is 16.7. The lowest BCUT2D eigenvalue weighted by atomic mass is 9.82. The number of hydrogen-bond donors (Lipinski definition) is 0. The van der Waals surface area contributed by atoms with Gasteiger partial charge in [0.1, 0.15) is 0 Å². The van der Waals surface area contributed by atoms with Crippen LogP contribution in [0.5, 0.6) is 0 Å². The molecular weight excluding hydrogens is 1780 g/mol. The summed E-state index contributed by atoms with van der Waals surface area (Å²) in [5.41, 5.74) is 43.2. The Bertz CT molecular complexity index is 7000. The number of anilines is 9. The molecule has 22 rings (SSSR count). The Balaban J connectivity index is 0.000000135. The van der Waals surface area contributed by atoms with E-state index in [1.807, 2.05) is 0 Å². The van der Waals surface area contributed by atoms with Crippen molar-refractivity contribution in [3.8, 4) is 77.9 Å². The van der Waals surface area contributed by atoms with Gasteiger partial charge >= 0.3 is 0 Å². The first kappa shape index (κ1) is 102. The smallest absolute Gasteiger partial charge is 0.0540 e. The SMILES string of the molecule is CC(C)(C)c1ccc(N(c2ccc(-c3ccc(C4CCCCCCCCCCC4)cc3)cc2)c2ccc3c(c2)C(C)(C)c2ccccc2-3)cc1.CC1(C)c2ccccc2-c2ccc(N(c3ccc(-c4ccccc4)cc3)c3ccc(-c4ccc(C5CCCCCCCCCCC5)cc4)cc3)cc21.CC1(C)c2ccccc2-c2ccc(N(c3ccc(C4CCCCCCCCCCC4)cc3)c3ccccc3-c3ccccc3)cc21. The molecule has 3 saturated carbocycles. The van der Waals surface area contributed by atoms with Crippen LogP contribution in [0.15, 0.2) is 382 Å². The molecule has 16 aromatic rings. The molecule has 0 N–H and O–H groups in total. The molecule has 0 bridgehead atoms. The fourth-order valence-corrected chi connectivity index (χ4v) is 25.8. The molecule has 0 aromatic heterocycles. The van der Waals surface area contributed by atoms with Crippen LogP contribution in [0.1, 0.15) is 348 Å². The van der Waals surface area contributed by atoms with Gasteiger partial charge in [0.2, 0.25) is 0 Å². The van der Waals surface area contributed by atoms with Gasteiger partial charge in [-0.1, -0.05) is 515 Å². The highest BCUT2D eigenvalue weighted by Crippen LogP contribution is 2.56. The number of para-hydroxylation sites is 1. The van der Waals surface area contributed by atoms with Crippen LogP contribution >= 0.6 is 0 Å². The molecule has 0 amide bonds. The van der Waals surface area contributed by atoms with Gasteiger partial charge < -0.3 is 14.7 Å². The quantitative estimate of drug-likeness (QED) is 0.0955. The first-order chi connectivity index (χ1) is 72.4. The Kier molecular flexibility index (Phi) is 32.6.